The van der Waals surface area contributed by atoms with E-state index in [4.69, 9.17) is 0 Å². The highest BCUT2D eigenvalue weighted by atomic mass is 79.9. The van der Waals surface area contributed by atoms with Gasteiger partial charge in [-0.05, 0) is 41.9 Å². The molecule has 1 aliphatic heterocycles. The topological polar surface area (TPSA) is 20.3 Å². The minimum atomic E-state index is 0.147. The first-order valence-corrected chi connectivity index (χ1v) is 7.69. The molecule has 1 saturated heterocycles. The van der Waals surface area contributed by atoms with Gasteiger partial charge >= 0.3 is 0 Å². The van der Waals surface area contributed by atoms with Crippen LogP contribution >= 0.6 is 27.7 Å². The number of carbonyl (C=O) groups excluding carboxylic acids is 1. The molecule has 0 saturated carbocycles. The summed E-state index contributed by atoms with van der Waals surface area (Å²) < 4.78 is 0.888. The van der Waals surface area contributed by atoms with Gasteiger partial charge < -0.3 is 4.90 Å². The van der Waals surface area contributed by atoms with Gasteiger partial charge in [-0.2, -0.15) is 11.8 Å². The molecule has 1 aliphatic rings. The summed E-state index contributed by atoms with van der Waals surface area (Å²) in [7, 11) is 0. The highest BCUT2D eigenvalue weighted by Crippen LogP contribution is 2.23. The minimum absolute atomic E-state index is 0.147. The van der Waals surface area contributed by atoms with Crippen molar-refractivity contribution < 1.29 is 4.79 Å². The maximum Gasteiger partial charge on any atom is 0.255 e. The summed E-state index contributed by atoms with van der Waals surface area (Å²) in [6, 6.07) is 6.25. The normalized spacial score (nSPS) is 20.4. The Morgan fingerprint density at radius 2 is 2.29 bits per heavy atom. The van der Waals surface area contributed by atoms with E-state index in [9.17, 15) is 4.79 Å². The van der Waals surface area contributed by atoms with Gasteiger partial charge in [0.2, 0.25) is 0 Å². The second-order valence-electron chi connectivity index (χ2n) is 4.41. The molecule has 0 radical (unpaired) electrons. The van der Waals surface area contributed by atoms with Gasteiger partial charge in [0.25, 0.3) is 5.91 Å². The van der Waals surface area contributed by atoms with Crippen LogP contribution in [0.3, 0.4) is 0 Å². The molecule has 1 atom stereocenters. The van der Waals surface area contributed by atoms with Crippen LogP contribution < -0.4 is 0 Å². The van der Waals surface area contributed by atoms with Crippen molar-refractivity contribution in [2.45, 2.75) is 19.9 Å². The number of nitrogens with zero attached hydrogens (tertiary/aromatic N) is 1. The van der Waals surface area contributed by atoms with Crippen LogP contribution in [0.5, 0.6) is 0 Å². The van der Waals surface area contributed by atoms with E-state index < -0.39 is 0 Å². The third kappa shape index (κ3) is 2.86. The molecule has 1 aromatic carbocycles. The molecule has 1 unspecified atom stereocenters. The lowest BCUT2D eigenvalue weighted by atomic mass is 10.1. The molecule has 1 aromatic rings. The first kappa shape index (κ1) is 13.0. The molecule has 1 heterocycles. The zero-order valence-corrected chi connectivity index (χ0v) is 12.5. The SMILES string of the molecule is Cc1ccc(Br)c(C(=O)N2CCSCC2C)c1. The summed E-state index contributed by atoms with van der Waals surface area (Å²) in [5.74, 6) is 2.22. The molecule has 2 rings (SSSR count). The Hall–Kier alpha value is -0.480. The van der Waals surface area contributed by atoms with E-state index in [1.54, 1.807) is 0 Å². The lowest BCUT2D eigenvalue weighted by Crippen LogP contribution is -2.44. The summed E-state index contributed by atoms with van der Waals surface area (Å²) in [4.78, 5) is 14.5. The van der Waals surface area contributed by atoms with Crippen LogP contribution in [0, 0.1) is 6.92 Å². The lowest BCUT2D eigenvalue weighted by Gasteiger charge is -2.33. The average Bonchev–Trinajstić information content (AvgIpc) is 2.32. The maximum absolute atomic E-state index is 12.5. The third-order valence-corrected chi connectivity index (χ3v) is 4.86. The van der Waals surface area contributed by atoms with Gasteiger partial charge in [-0.1, -0.05) is 11.6 Å². The van der Waals surface area contributed by atoms with Crippen molar-refractivity contribution in [3.8, 4) is 0 Å². The van der Waals surface area contributed by atoms with Crippen molar-refractivity contribution in [2.75, 3.05) is 18.1 Å². The number of rotatable bonds is 1. The van der Waals surface area contributed by atoms with E-state index in [1.165, 1.54) is 0 Å². The summed E-state index contributed by atoms with van der Waals surface area (Å²) in [5, 5.41) is 0. The maximum atomic E-state index is 12.5. The third-order valence-electron chi connectivity index (χ3n) is 2.98. The largest absolute Gasteiger partial charge is 0.334 e. The predicted octanol–water partition coefficient (Wildman–Crippen LogP) is 3.34. The van der Waals surface area contributed by atoms with Crippen molar-refractivity contribution in [2.24, 2.45) is 0 Å². The Bertz CT molecular complexity index is 435. The number of hydrogen-bond donors (Lipinski definition) is 0. The molecule has 17 heavy (non-hydrogen) atoms. The molecule has 0 aliphatic carbocycles. The average molecular weight is 314 g/mol. The molecule has 2 nitrogen and oxygen atoms in total. The summed E-state index contributed by atoms with van der Waals surface area (Å²) in [5.41, 5.74) is 1.90. The van der Waals surface area contributed by atoms with Crippen LogP contribution in [0.2, 0.25) is 0 Å². The van der Waals surface area contributed by atoms with Crippen molar-refractivity contribution >= 4 is 33.6 Å². The first-order valence-electron chi connectivity index (χ1n) is 5.74. The molecule has 92 valence electrons. The van der Waals surface area contributed by atoms with Crippen LogP contribution in [0.1, 0.15) is 22.8 Å². The van der Waals surface area contributed by atoms with Gasteiger partial charge in [-0.15, -0.1) is 0 Å². The van der Waals surface area contributed by atoms with Crippen molar-refractivity contribution in [3.05, 3.63) is 33.8 Å². The number of aryl methyl sites for hydroxylation is 1. The Morgan fingerprint density at radius 1 is 1.53 bits per heavy atom. The molecule has 0 spiro atoms. The molecule has 4 heteroatoms. The second-order valence-corrected chi connectivity index (χ2v) is 6.41. The number of benzene rings is 1. The Kier molecular flexibility index (Phi) is 4.15. The van der Waals surface area contributed by atoms with Crippen LogP contribution in [-0.2, 0) is 0 Å². The Balaban J connectivity index is 2.26. The number of thioether (sulfide) groups is 1. The molecule has 1 fully saturated rings. The fourth-order valence-electron chi connectivity index (χ4n) is 1.99. The van der Waals surface area contributed by atoms with E-state index in [0.717, 1.165) is 33.7 Å². The highest BCUT2D eigenvalue weighted by Gasteiger charge is 2.25. The van der Waals surface area contributed by atoms with Gasteiger partial charge in [0, 0.05) is 28.6 Å². The second kappa shape index (κ2) is 5.44. The van der Waals surface area contributed by atoms with Crippen molar-refractivity contribution in [1.82, 2.24) is 4.90 Å². The summed E-state index contributed by atoms with van der Waals surface area (Å²) in [6.45, 7) is 4.98. The van der Waals surface area contributed by atoms with Gasteiger partial charge in [0.05, 0.1) is 5.56 Å². The van der Waals surface area contributed by atoms with E-state index in [2.05, 4.69) is 22.9 Å². The van der Waals surface area contributed by atoms with Crippen LogP contribution in [0.4, 0.5) is 0 Å². The minimum Gasteiger partial charge on any atom is -0.334 e. The Morgan fingerprint density at radius 3 is 3.00 bits per heavy atom. The molecular formula is C13H16BrNOS. The van der Waals surface area contributed by atoms with E-state index >= 15 is 0 Å². The van der Waals surface area contributed by atoms with Crippen molar-refractivity contribution in [3.63, 3.8) is 0 Å². The number of halogens is 1. The van der Waals surface area contributed by atoms with E-state index in [1.807, 2.05) is 41.8 Å². The quantitative estimate of drug-likeness (QED) is 0.792. The van der Waals surface area contributed by atoms with E-state index in [-0.39, 0.29) is 5.91 Å². The molecule has 1 amide bonds. The van der Waals surface area contributed by atoms with Crippen LogP contribution in [0.25, 0.3) is 0 Å². The van der Waals surface area contributed by atoms with E-state index in [0.29, 0.717) is 6.04 Å². The standard InChI is InChI=1S/C13H16BrNOS/c1-9-3-4-12(14)11(7-9)13(16)15-5-6-17-8-10(15)2/h3-4,7,10H,5-6,8H2,1-2H3. The zero-order chi connectivity index (χ0) is 12.4. The highest BCUT2D eigenvalue weighted by molar-refractivity contribution is 9.10. The molecule has 0 bridgehead atoms. The lowest BCUT2D eigenvalue weighted by molar-refractivity contribution is 0.0715. The number of carbonyl (C=O) groups is 1. The first-order chi connectivity index (χ1) is 8.09. The Labute approximate surface area is 115 Å². The van der Waals surface area contributed by atoms with Crippen LogP contribution in [-0.4, -0.2) is 34.9 Å². The summed E-state index contributed by atoms with van der Waals surface area (Å²) >= 11 is 5.39. The van der Waals surface area contributed by atoms with Gasteiger partial charge in [-0.3, -0.25) is 4.79 Å². The zero-order valence-electron chi connectivity index (χ0n) is 10.1. The fourth-order valence-corrected chi connectivity index (χ4v) is 3.42. The number of hydrogen-bond acceptors (Lipinski definition) is 2. The number of amides is 1. The summed E-state index contributed by atoms with van der Waals surface area (Å²) in [6.07, 6.45) is 0. The van der Waals surface area contributed by atoms with Crippen LogP contribution in [0.15, 0.2) is 22.7 Å². The van der Waals surface area contributed by atoms with Gasteiger partial charge in [0.1, 0.15) is 0 Å². The predicted molar refractivity (Wildman–Crippen MR) is 76.7 cm³/mol. The fraction of sp³-hybridized carbons (Fsp3) is 0.462. The molecular weight excluding hydrogens is 298 g/mol. The monoisotopic (exact) mass is 313 g/mol. The van der Waals surface area contributed by atoms with Gasteiger partial charge in [-0.25, -0.2) is 0 Å². The molecule has 0 N–H and O–H groups in total. The smallest absolute Gasteiger partial charge is 0.255 e. The molecule has 0 aromatic heterocycles. The van der Waals surface area contributed by atoms with Gasteiger partial charge in [0.15, 0.2) is 0 Å². The van der Waals surface area contributed by atoms with Crippen molar-refractivity contribution in [1.29, 1.82) is 0 Å².